The number of nitrogens with zero attached hydrogens (tertiary/aromatic N) is 1. The quantitative estimate of drug-likeness (QED) is 0.110. The first-order valence-electron chi connectivity index (χ1n) is 14.6. The van der Waals surface area contributed by atoms with Crippen molar-refractivity contribution in [3.05, 3.63) is 59.4 Å². The fourth-order valence-corrected chi connectivity index (χ4v) is 4.00. The molecule has 0 radical (unpaired) electrons. The van der Waals surface area contributed by atoms with Crippen LogP contribution in [0.25, 0.3) is 6.08 Å². The lowest BCUT2D eigenvalue weighted by Gasteiger charge is -2.25. The molecule has 46 heavy (non-hydrogen) atoms. The van der Waals surface area contributed by atoms with Gasteiger partial charge in [0, 0.05) is 12.3 Å². The number of aromatic nitrogens is 1. The Hall–Kier alpha value is -4.69. The molecule has 1 aromatic heterocycles. The average Bonchev–Trinajstić information content (AvgIpc) is 3.05. The van der Waals surface area contributed by atoms with Gasteiger partial charge in [-0.15, -0.1) is 0 Å². The van der Waals surface area contributed by atoms with Gasteiger partial charge in [-0.05, 0) is 32.4 Å². The van der Waals surface area contributed by atoms with Crippen molar-refractivity contribution >= 4 is 30.1 Å². The number of methoxy groups -OCH3 is 1. The van der Waals surface area contributed by atoms with E-state index >= 15 is 0 Å². The smallest absolute Gasteiger partial charge is 0.493 e. The van der Waals surface area contributed by atoms with E-state index in [0.717, 1.165) is 0 Å². The molecule has 1 fully saturated rings. The summed E-state index contributed by atoms with van der Waals surface area (Å²) in [6, 6.07) is 9.39. The summed E-state index contributed by atoms with van der Waals surface area (Å²) in [6.45, 7) is 7.04. The summed E-state index contributed by atoms with van der Waals surface area (Å²) in [4.78, 5) is 54.9. The number of carbonyl (C=O) groups is 4. The van der Waals surface area contributed by atoms with Crippen LogP contribution in [-0.2, 0) is 49.4 Å². The molecule has 1 aromatic carbocycles. The third-order valence-corrected chi connectivity index (χ3v) is 6.32. The molecule has 1 aliphatic heterocycles. The van der Waals surface area contributed by atoms with E-state index < -0.39 is 55.0 Å². The summed E-state index contributed by atoms with van der Waals surface area (Å²) in [6.07, 6.45) is -0.479. The van der Waals surface area contributed by atoms with Crippen LogP contribution in [0.15, 0.2) is 48.2 Å². The van der Waals surface area contributed by atoms with Gasteiger partial charge in [0.25, 0.3) is 0 Å². The van der Waals surface area contributed by atoms with Gasteiger partial charge in [-0.25, -0.2) is 9.59 Å². The van der Waals surface area contributed by atoms with E-state index in [1.54, 1.807) is 64.1 Å². The number of pyridine rings is 1. The molecule has 0 aliphatic carbocycles. The van der Waals surface area contributed by atoms with Crippen LogP contribution in [-0.4, -0.2) is 80.6 Å². The van der Waals surface area contributed by atoms with Crippen LogP contribution in [0.1, 0.15) is 45.9 Å². The molecule has 1 aliphatic rings. The number of esters is 3. The van der Waals surface area contributed by atoms with Crippen molar-refractivity contribution in [2.75, 3.05) is 27.2 Å². The Kier molecular flexibility index (Phi) is 13.8. The number of cyclic esters (lactones) is 2. The van der Waals surface area contributed by atoms with Crippen LogP contribution in [0.5, 0.6) is 11.5 Å². The third kappa shape index (κ3) is 10.7. The largest absolute Gasteiger partial charge is 0.511 e. The van der Waals surface area contributed by atoms with Crippen LogP contribution >= 0.6 is 0 Å². The molecule has 2 aromatic rings. The molecule has 250 valence electrons. The summed E-state index contributed by atoms with van der Waals surface area (Å²) in [7, 11) is 1.43. The van der Waals surface area contributed by atoms with Gasteiger partial charge >= 0.3 is 24.1 Å². The van der Waals surface area contributed by atoms with Crippen molar-refractivity contribution in [1.82, 2.24) is 10.3 Å². The van der Waals surface area contributed by atoms with E-state index in [4.69, 9.17) is 37.9 Å². The minimum absolute atomic E-state index is 0.0236. The zero-order valence-corrected chi connectivity index (χ0v) is 26.7. The van der Waals surface area contributed by atoms with Crippen molar-refractivity contribution in [3.63, 3.8) is 0 Å². The first-order valence-corrected chi connectivity index (χ1v) is 14.6. The minimum atomic E-state index is -1.21. The van der Waals surface area contributed by atoms with E-state index in [2.05, 4.69) is 10.3 Å². The number of carbonyl (C=O) groups excluding carboxylic acids is 4. The lowest BCUT2D eigenvalue weighted by molar-refractivity contribution is -0.167. The predicted molar refractivity (Wildman–Crippen MR) is 161 cm³/mol. The molecule has 3 rings (SSSR count). The highest BCUT2D eigenvalue weighted by atomic mass is 16.8. The zero-order chi connectivity index (χ0) is 33.6. The van der Waals surface area contributed by atoms with Gasteiger partial charge in [-0.3, -0.25) is 19.9 Å². The van der Waals surface area contributed by atoms with Gasteiger partial charge in [-0.2, -0.15) is 0 Å². The Balaban J connectivity index is 1.68. The van der Waals surface area contributed by atoms with E-state index in [-0.39, 0.29) is 37.4 Å². The molecule has 0 unspecified atom stereocenters. The number of benzene rings is 1. The molecular weight excluding hydrogens is 604 g/mol. The number of nitrogens with one attached hydrogen (secondary N) is 1. The molecule has 14 nitrogen and oxygen atoms in total. The van der Waals surface area contributed by atoms with Crippen LogP contribution in [0.4, 0.5) is 4.79 Å². The number of ether oxygens (including phenoxy) is 8. The lowest BCUT2D eigenvalue weighted by Crippen LogP contribution is -2.44. The molecule has 3 atom stereocenters. The van der Waals surface area contributed by atoms with Gasteiger partial charge in [0.15, 0.2) is 17.6 Å². The fraction of sp³-hybridized carbons (Fsp3) is 0.469. The molecule has 0 saturated carbocycles. The number of rotatable bonds is 13. The summed E-state index contributed by atoms with van der Waals surface area (Å²) in [5, 5.41) is 2.85. The molecule has 0 bridgehead atoms. The summed E-state index contributed by atoms with van der Waals surface area (Å²) >= 11 is 0. The van der Waals surface area contributed by atoms with Gasteiger partial charge < -0.3 is 37.9 Å². The topological polar surface area (TPSA) is 167 Å². The van der Waals surface area contributed by atoms with E-state index in [9.17, 15) is 19.2 Å². The second-order valence-electron chi connectivity index (χ2n) is 10.6. The average molecular weight is 645 g/mol. The fourth-order valence-electron chi connectivity index (χ4n) is 4.00. The van der Waals surface area contributed by atoms with Gasteiger partial charge in [0.1, 0.15) is 24.4 Å². The monoisotopic (exact) mass is 644 g/mol. The minimum Gasteiger partial charge on any atom is -0.493 e. The number of hydrogen-bond acceptors (Lipinski definition) is 14. The Morgan fingerprint density at radius 2 is 1.85 bits per heavy atom. The zero-order valence-electron chi connectivity index (χ0n) is 26.7. The van der Waals surface area contributed by atoms with Crippen LogP contribution < -0.4 is 14.8 Å². The third-order valence-electron chi connectivity index (χ3n) is 6.32. The molecule has 1 N–H and O–H groups in total. The number of hydrogen-bond donors (Lipinski definition) is 1. The highest BCUT2D eigenvalue weighted by molar-refractivity contribution is 5.96. The maximum absolute atomic E-state index is 13.3. The van der Waals surface area contributed by atoms with Gasteiger partial charge in [0.2, 0.25) is 6.79 Å². The second kappa shape index (κ2) is 17.7. The molecule has 1 saturated heterocycles. The van der Waals surface area contributed by atoms with Gasteiger partial charge in [-0.1, -0.05) is 44.2 Å². The van der Waals surface area contributed by atoms with Crippen molar-refractivity contribution in [3.8, 4) is 11.5 Å². The van der Waals surface area contributed by atoms with E-state index in [0.29, 0.717) is 17.0 Å². The summed E-state index contributed by atoms with van der Waals surface area (Å²) < 4.78 is 43.1. The Labute approximate surface area is 267 Å². The molecule has 14 heteroatoms. The summed E-state index contributed by atoms with van der Waals surface area (Å²) in [5.41, 5.74) is 0.998. The predicted octanol–water partition coefficient (Wildman–Crippen LogP) is 3.56. The Bertz CT molecular complexity index is 1360. The Morgan fingerprint density at radius 3 is 2.52 bits per heavy atom. The van der Waals surface area contributed by atoms with Gasteiger partial charge in [0.05, 0.1) is 38.0 Å². The van der Waals surface area contributed by atoms with Crippen molar-refractivity contribution in [2.24, 2.45) is 5.92 Å². The van der Waals surface area contributed by atoms with Crippen LogP contribution in [0, 0.1) is 5.92 Å². The first kappa shape index (κ1) is 35.8. The standard InChI is InChI=1S/C32H40N2O12/c1-19(2)29(35)46-27-21(5)45-31(37)25(16-41-30(36)23(27)14-22-10-8-7-9-11-22)34-17-40-15-24-28(26(39-6)12-13-33-24)42-18-43-32(38)44-20(3)4/h7-14,19-21,25,27,34H,15-18H2,1-6H3/b23-14+/t21-,25-,27-/m0/s1. The summed E-state index contributed by atoms with van der Waals surface area (Å²) in [5.74, 6) is -2.09. The van der Waals surface area contributed by atoms with Crippen LogP contribution in [0.2, 0.25) is 0 Å². The first-order chi connectivity index (χ1) is 22.0. The molecule has 0 amide bonds. The van der Waals surface area contributed by atoms with E-state index in [1.807, 2.05) is 6.07 Å². The molecule has 2 heterocycles. The van der Waals surface area contributed by atoms with Crippen LogP contribution in [0.3, 0.4) is 0 Å². The highest BCUT2D eigenvalue weighted by Crippen LogP contribution is 2.30. The van der Waals surface area contributed by atoms with Crippen molar-refractivity contribution in [2.45, 2.75) is 65.6 Å². The molecular formula is C32H40N2O12. The normalized spacial score (nSPS) is 19.4. The maximum atomic E-state index is 13.3. The van der Waals surface area contributed by atoms with Crippen molar-refractivity contribution < 1.29 is 57.1 Å². The molecule has 0 spiro atoms. The lowest BCUT2D eigenvalue weighted by atomic mass is 10.0. The highest BCUT2D eigenvalue weighted by Gasteiger charge is 2.38. The maximum Gasteiger partial charge on any atom is 0.511 e. The SMILES string of the molecule is COc1ccnc(COCN[C@H]2COC(=O)/C(=C/c3ccccc3)[C@@H](OC(=O)C(C)C)[C@H](C)OC2=O)c1OCOC(=O)OC(C)C. The Morgan fingerprint density at radius 1 is 1.11 bits per heavy atom. The second-order valence-corrected chi connectivity index (χ2v) is 10.6. The van der Waals surface area contributed by atoms with E-state index in [1.165, 1.54) is 20.2 Å². The van der Waals surface area contributed by atoms with Crippen molar-refractivity contribution in [1.29, 1.82) is 0 Å².